The van der Waals surface area contributed by atoms with E-state index in [1.54, 1.807) is 12.1 Å². The molecule has 1 atom stereocenters. The van der Waals surface area contributed by atoms with Crippen LogP contribution < -0.4 is 5.32 Å². The molecule has 0 fully saturated rings. The Balaban J connectivity index is 3.07. The predicted octanol–water partition coefficient (Wildman–Crippen LogP) is 2.41. The Morgan fingerprint density at radius 2 is 2.20 bits per heavy atom. The van der Waals surface area contributed by atoms with Gasteiger partial charge in [0.15, 0.2) is 0 Å². The largest absolute Gasteiger partial charge is 0.394 e. The van der Waals surface area contributed by atoms with Gasteiger partial charge in [-0.2, -0.15) is 0 Å². The smallest absolute Gasteiger partial charge is 0.137 e. The molecule has 0 spiro atoms. The highest BCUT2D eigenvalue weighted by Crippen LogP contribution is 2.25. The summed E-state index contributed by atoms with van der Waals surface area (Å²) in [4.78, 5) is 0. The maximum Gasteiger partial charge on any atom is 0.137 e. The van der Waals surface area contributed by atoms with Crippen LogP contribution in [0, 0.1) is 5.82 Å². The second-order valence-electron chi connectivity index (χ2n) is 3.65. The van der Waals surface area contributed by atoms with E-state index in [9.17, 15) is 9.50 Å². The molecule has 84 valence electrons. The van der Waals surface area contributed by atoms with Crippen LogP contribution in [0.4, 0.5) is 4.39 Å². The van der Waals surface area contributed by atoms with Crippen molar-refractivity contribution in [1.82, 2.24) is 5.32 Å². The Morgan fingerprint density at radius 3 is 2.67 bits per heavy atom. The van der Waals surface area contributed by atoms with Crippen molar-refractivity contribution in [3.05, 3.63) is 34.1 Å². The molecule has 0 saturated carbocycles. The molecular weight excluding hydrogens is 261 g/mol. The van der Waals surface area contributed by atoms with E-state index in [0.717, 1.165) is 12.1 Å². The lowest BCUT2D eigenvalue weighted by molar-refractivity contribution is 0.177. The van der Waals surface area contributed by atoms with E-state index in [1.807, 2.05) is 13.8 Å². The lowest BCUT2D eigenvalue weighted by Crippen LogP contribution is -2.42. The van der Waals surface area contributed by atoms with Crippen molar-refractivity contribution >= 4 is 15.9 Å². The van der Waals surface area contributed by atoms with E-state index in [2.05, 4.69) is 21.2 Å². The average molecular weight is 276 g/mol. The van der Waals surface area contributed by atoms with E-state index >= 15 is 0 Å². The monoisotopic (exact) mass is 275 g/mol. The molecule has 0 radical (unpaired) electrons. The first-order chi connectivity index (χ1) is 7.03. The van der Waals surface area contributed by atoms with Crippen LogP contribution in [0.5, 0.6) is 0 Å². The van der Waals surface area contributed by atoms with Gasteiger partial charge in [-0.1, -0.05) is 13.0 Å². The Labute approximate surface area is 97.6 Å². The Morgan fingerprint density at radius 1 is 1.53 bits per heavy atom. The van der Waals surface area contributed by atoms with Crippen LogP contribution in [-0.2, 0) is 5.54 Å². The first kappa shape index (κ1) is 12.6. The number of aliphatic hydroxyl groups excluding tert-OH is 1. The minimum atomic E-state index is -0.523. The van der Waals surface area contributed by atoms with Gasteiger partial charge < -0.3 is 10.4 Å². The van der Waals surface area contributed by atoms with Gasteiger partial charge in [-0.15, -0.1) is 0 Å². The SMILES string of the molecule is CCNC(C)(CO)c1ccc(F)c(Br)c1. The number of nitrogens with one attached hydrogen (secondary N) is 1. The number of aliphatic hydroxyl groups is 1. The third-order valence-corrected chi connectivity index (χ3v) is 3.05. The van der Waals surface area contributed by atoms with Gasteiger partial charge in [-0.05, 0) is 47.1 Å². The van der Waals surface area contributed by atoms with Crippen LogP contribution in [0.15, 0.2) is 22.7 Å². The van der Waals surface area contributed by atoms with Crippen LogP contribution in [-0.4, -0.2) is 18.3 Å². The first-order valence-electron chi connectivity index (χ1n) is 4.85. The molecule has 1 aromatic carbocycles. The summed E-state index contributed by atoms with van der Waals surface area (Å²) in [5.41, 5.74) is 0.338. The molecule has 0 heterocycles. The summed E-state index contributed by atoms with van der Waals surface area (Å²) < 4.78 is 13.5. The molecule has 0 aliphatic rings. The number of likely N-dealkylation sites (N-methyl/N-ethyl adjacent to an activating group) is 1. The van der Waals surface area contributed by atoms with Crippen LogP contribution in [0.25, 0.3) is 0 Å². The minimum absolute atomic E-state index is 0.0289. The normalized spacial score (nSPS) is 15.0. The summed E-state index contributed by atoms with van der Waals surface area (Å²) in [6.45, 7) is 4.56. The third kappa shape index (κ3) is 2.77. The van der Waals surface area contributed by atoms with Gasteiger partial charge in [-0.25, -0.2) is 4.39 Å². The maximum absolute atomic E-state index is 13.0. The maximum atomic E-state index is 13.0. The second kappa shape index (κ2) is 5.05. The summed E-state index contributed by atoms with van der Waals surface area (Å²) in [5.74, 6) is -0.296. The molecule has 0 saturated heterocycles. The fourth-order valence-corrected chi connectivity index (χ4v) is 1.86. The minimum Gasteiger partial charge on any atom is -0.394 e. The fourth-order valence-electron chi connectivity index (χ4n) is 1.48. The molecular formula is C11H15BrFNO. The third-order valence-electron chi connectivity index (χ3n) is 2.44. The Bertz CT molecular complexity index is 345. The van der Waals surface area contributed by atoms with Gasteiger partial charge in [0.1, 0.15) is 5.82 Å². The van der Waals surface area contributed by atoms with E-state index in [-0.39, 0.29) is 12.4 Å². The summed E-state index contributed by atoms with van der Waals surface area (Å²) in [7, 11) is 0. The van der Waals surface area contributed by atoms with Crippen molar-refractivity contribution in [2.75, 3.05) is 13.2 Å². The topological polar surface area (TPSA) is 32.3 Å². The van der Waals surface area contributed by atoms with Gasteiger partial charge >= 0.3 is 0 Å². The summed E-state index contributed by atoms with van der Waals surface area (Å²) in [5, 5.41) is 12.5. The van der Waals surface area contributed by atoms with Crippen molar-refractivity contribution in [2.24, 2.45) is 0 Å². The lowest BCUT2D eigenvalue weighted by Gasteiger charge is -2.29. The quantitative estimate of drug-likeness (QED) is 0.885. The van der Waals surface area contributed by atoms with E-state index in [0.29, 0.717) is 4.47 Å². The predicted molar refractivity (Wildman–Crippen MR) is 62.2 cm³/mol. The zero-order valence-corrected chi connectivity index (χ0v) is 10.4. The highest BCUT2D eigenvalue weighted by molar-refractivity contribution is 9.10. The molecule has 0 aliphatic heterocycles. The lowest BCUT2D eigenvalue weighted by atomic mass is 9.93. The molecule has 2 nitrogen and oxygen atoms in total. The van der Waals surface area contributed by atoms with Crippen molar-refractivity contribution in [3.63, 3.8) is 0 Å². The number of rotatable bonds is 4. The van der Waals surface area contributed by atoms with Gasteiger partial charge in [0.25, 0.3) is 0 Å². The Hall–Kier alpha value is -0.450. The van der Waals surface area contributed by atoms with Crippen molar-refractivity contribution < 1.29 is 9.50 Å². The second-order valence-corrected chi connectivity index (χ2v) is 4.50. The van der Waals surface area contributed by atoms with Crippen LogP contribution >= 0.6 is 15.9 Å². The van der Waals surface area contributed by atoms with Gasteiger partial charge in [0.2, 0.25) is 0 Å². The molecule has 1 rings (SSSR count). The molecule has 1 unspecified atom stereocenters. The van der Waals surface area contributed by atoms with Gasteiger partial charge in [0, 0.05) is 0 Å². The number of halogens is 2. The zero-order chi connectivity index (χ0) is 11.5. The van der Waals surface area contributed by atoms with Crippen molar-refractivity contribution in [1.29, 1.82) is 0 Å². The summed E-state index contributed by atoms with van der Waals surface area (Å²) in [6.07, 6.45) is 0. The summed E-state index contributed by atoms with van der Waals surface area (Å²) >= 11 is 3.13. The standard InChI is InChI=1S/C11H15BrFNO/c1-3-14-11(2,7-15)8-4-5-10(13)9(12)6-8/h4-6,14-15H,3,7H2,1-2H3. The molecule has 2 N–H and O–H groups in total. The Kier molecular flexibility index (Phi) is 4.25. The van der Waals surface area contributed by atoms with Crippen molar-refractivity contribution in [3.8, 4) is 0 Å². The highest BCUT2D eigenvalue weighted by atomic mass is 79.9. The molecule has 0 bridgehead atoms. The number of hydrogen-bond donors (Lipinski definition) is 2. The molecule has 0 aromatic heterocycles. The van der Waals surface area contributed by atoms with Crippen LogP contribution in [0.2, 0.25) is 0 Å². The molecule has 15 heavy (non-hydrogen) atoms. The van der Waals surface area contributed by atoms with Gasteiger partial charge in [0.05, 0.1) is 16.6 Å². The van der Waals surface area contributed by atoms with Gasteiger partial charge in [-0.3, -0.25) is 0 Å². The van der Waals surface area contributed by atoms with E-state index < -0.39 is 5.54 Å². The van der Waals surface area contributed by atoms with Crippen molar-refractivity contribution in [2.45, 2.75) is 19.4 Å². The van der Waals surface area contributed by atoms with E-state index in [4.69, 9.17) is 0 Å². The van der Waals surface area contributed by atoms with Crippen LogP contribution in [0.1, 0.15) is 19.4 Å². The van der Waals surface area contributed by atoms with E-state index in [1.165, 1.54) is 6.07 Å². The molecule has 0 amide bonds. The molecule has 1 aromatic rings. The fraction of sp³-hybridized carbons (Fsp3) is 0.455. The zero-order valence-electron chi connectivity index (χ0n) is 8.85. The summed E-state index contributed by atoms with van der Waals surface area (Å²) in [6, 6.07) is 4.76. The van der Waals surface area contributed by atoms with Crippen LogP contribution in [0.3, 0.4) is 0 Å². The number of hydrogen-bond acceptors (Lipinski definition) is 2. The number of benzene rings is 1. The first-order valence-corrected chi connectivity index (χ1v) is 5.64. The molecule has 0 aliphatic carbocycles. The molecule has 4 heteroatoms. The highest BCUT2D eigenvalue weighted by Gasteiger charge is 2.24. The average Bonchev–Trinajstić information content (AvgIpc) is 2.22.